The van der Waals surface area contributed by atoms with E-state index in [1.165, 1.54) is 89.5 Å². The summed E-state index contributed by atoms with van der Waals surface area (Å²) in [5.41, 5.74) is 4.58. The van der Waals surface area contributed by atoms with Gasteiger partial charge in [0.25, 0.3) is 0 Å². The number of nitrogens with zero attached hydrogens (tertiary/aromatic N) is 2. The fourth-order valence-corrected chi connectivity index (χ4v) is 9.89. The summed E-state index contributed by atoms with van der Waals surface area (Å²) in [7, 11) is -10.9. The van der Waals surface area contributed by atoms with Crippen molar-refractivity contribution in [1.82, 2.24) is 9.55 Å². The molecule has 2 unspecified atom stereocenters. The highest BCUT2D eigenvalue weighted by atomic mass is 31.3. The van der Waals surface area contributed by atoms with Crippen molar-refractivity contribution >= 4 is 33.4 Å². The molecule has 8 atom stereocenters. The monoisotopic (exact) mass is 1070 g/mol. The van der Waals surface area contributed by atoms with Crippen LogP contribution in [-0.2, 0) is 46.3 Å². The lowest BCUT2D eigenvalue weighted by Crippen LogP contribution is -2.36. The second kappa shape index (κ2) is 39.1. The van der Waals surface area contributed by atoms with Crippen molar-refractivity contribution < 1.29 is 71.4 Å². The van der Waals surface area contributed by atoms with Crippen molar-refractivity contribution in [3.63, 3.8) is 0 Å². The molecule has 418 valence electrons. The molecule has 0 amide bonds. The van der Waals surface area contributed by atoms with Gasteiger partial charge in [0, 0.05) is 19.0 Å². The smallest absolute Gasteiger partial charge is 0.462 e. The first-order valence-corrected chi connectivity index (χ1v) is 29.6. The number of hydrogen-bond acceptors (Lipinski definition) is 16. The average molecular weight is 1070 g/mol. The Labute approximate surface area is 433 Å². The van der Waals surface area contributed by atoms with Gasteiger partial charge in [-0.1, -0.05) is 172 Å². The van der Waals surface area contributed by atoms with Gasteiger partial charge in [-0.15, -0.1) is 0 Å². The van der Waals surface area contributed by atoms with Crippen LogP contribution >= 0.6 is 15.6 Å². The third-order valence-electron chi connectivity index (χ3n) is 11.9. The van der Waals surface area contributed by atoms with Gasteiger partial charge in [0.1, 0.15) is 30.7 Å². The van der Waals surface area contributed by atoms with E-state index in [4.69, 9.17) is 29.0 Å². The Morgan fingerprint density at radius 2 is 1.34 bits per heavy atom. The third-order valence-corrected chi connectivity index (χ3v) is 14.6. The van der Waals surface area contributed by atoms with Gasteiger partial charge in [0.15, 0.2) is 12.3 Å². The van der Waals surface area contributed by atoms with E-state index in [2.05, 4.69) is 54.4 Å². The lowest BCUT2D eigenvalue weighted by Gasteiger charge is -2.21. The molecule has 73 heavy (non-hydrogen) atoms. The van der Waals surface area contributed by atoms with Gasteiger partial charge in [-0.3, -0.25) is 23.2 Å². The van der Waals surface area contributed by atoms with E-state index in [0.29, 0.717) is 6.42 Å². The molecule has 1 fully saturated rings. The molecule has 0 saturated carbocycles. The maximum atomic E-state index is 12.9. The number of hydrogen-bond donors (Lipinski definition) is 6. The number of esters is 2. The molecule has 1 aromatic heterocycles. The first-order valence-electron chi connectivity index (χ1n) is 26.6. The highest BCUT2D eigenvalue weighted by Gasteiger charge is 2.46. The number of phosphoric ester groups is 2. The molecule has 2 heterocycles. The lowest BCUT2D eigenvalue weighted by atomic mass is 10.0. The average Bonchev–Trinajstić information content (AvgIpc) is 3.61. The number of allylic oxidation sites excluding steroid dienone is 7. The Bertz CT molecular complexity index is 1940. The van der Waals surface area contributed by atoms with Crippen molar-refractivity contribution in [3.05, 3.63) is 71.4 Å². The van der Waals surface area contributed by atoms with Gasteiger partial charge in [0.05, 0.1) is 19.3 Å². The van der Waals surface area contributed by atoms with Crippen molar-refractivity contribution in [2.45, 2.75) is 218 Å². The van der Waals surface area contributed by atoms with Crippen LogP contribution in [-0.4, -0.2) is 96.9 Å². The summed E-state index contributed by atoms with van der Waals surface area (Å²) < 4.78 is 56.7. The molecule has 0 aromatic carbocycles. The third kappa shape index (κ3) is 32.7. The minimum atomic E-state index is -5.46. The van der Waals surface area contributed by atoms with Gasteiger partial charge in [0.2, 0.25) is 0 Å². The number of carbonyl (C=O) groups excluding carboxylic acids is 2. The predicted octanol–water partition coefficient (Wildman–Crippen LogP) is 10.2. The summed E-state index contributed by atoms with van der Waals surface area (Å²) >= 11 is 0. The number of aliphatic hydroxyl groups is 3. The lowest BCUT2D eigenvalue weighted by molar-refractivity contribution is -0.161. The van der Waals surface area contributed by atoms with Crippen molar-refractivity contribution in [3.8, 4) is 0 Å². The van der Waals surface area contributed by atoms with Gasteiger partial charge >= 0.3 is 33.3 Å². The van der Waals surface area contributed by atoms with E-state index in [1.807, 2.05) is 12.2 Å². The molecule has 7 N–H and O–H groups in total. The fraction of sp³-hybridized carbons (Fsp3) is 0.731. The number of anilines is 1. The molecular weight excluding hydrogens is 985 g/mol. The highest BCUT2D eigenvalue weighted by Crippen LogP contribution is 2.60. The Morgan fingerprint density at radius 3 is 1.97 bits per heavy atom. The first kappa shape index (κ1) is 65.8. The number of carbonyl (C=O) groups is 2. The second-order valence-electron chi connectivity index (χ2n) is 19.1. The van der Waals surface area contributed by atoms with Crippen molar-refractivity contribution in [2.75, 3.05) is 25.6 Å². The zero-order valence-electron chi connectivity index (χ0n) is 43.7. The summed E-state index contributed by atoms with van der Waals surface area (Å²) in [5, 5.41) is 31.3. The molecule has 2 rings (SSSR count). The van der Waals surface area contributed by atoms with E-state index in [9.17, 15) is 48.6 Å². The van der Waals surface area contributed by atoms with Crippen LogP contribution in [0.2, 0.25) is 0 Å². The summed E-state index contributed by atoms with van der Waals surface area (Å²) in [6.45, 7) is 4.27. The SMILES string of the molecule is CCCCC/C=C\C/C=C\C/C=C\C=C\[C@@H](O)CCCC(=O)OC[C@H](COP(=O)(O)OP(=O)(O)OC[C@H]1O[C@@H](n2ccc(N)nc2=O)[C@H](O)[C@@H]1O)OC(=O)CCCCCCCCCCCCCCCCC(C)C. The van der Waals surface area contributed by atoms with Gasteiger partial charge in [-0.25, -0.2) is 13.9 Å². The van der Waals surface area contributed by atoms with Crippen LogP contribution in [0.1, 0.15) is 188 Å². The number of aliphatic hydroxyl groups excluding tert-OH is 3. The molecule has 1 aromatic rings. The van der Waals surface area contributed by atoms with Crippen molar-refractivity contribution in [1.29, 1.82) is 0 Å². The van der Waals surface area contributed by atoms with Crippen LogP contribution < -0.4 is 11.4 Å². The molecule has 19 nitrogen and oxygen atoms in total. The number of ether oxygens (including phenoxy) is 3. The molecule has 1 aliphatic heterocycles. The molecule has 0 aliphatic carbocycles. The van der Waals surface area contributed by atoms with Crippen molar-refractivity contribution in [2.24, 2.45) is 5.92 Å². The van der Waals surface area contributed by atoms with Crippen LogP contribution in [0.5, 0.6) is 0 Å². The van der Waals surface area contributed by atoms with E-state index < -0.39 is 89.8 Å². The summed E-state index contributed by atoms with van der Waals surface area (Å²) in [4.78, 5) is 62.0. The Kier molecular flexibility index (Phi) is 35.3. The Balaban J connectivity index is 1.83. The van der Waals surface area contributed by atoms with Gasteiger partial charge < -0.3 is 45.1 Å². The van der Waals surface area contributed by atoms with Gasteiger partial charge in [-0.2, -0.15) is 9.29 Å². The fourth-order valence-electron chi connectivity index (χ4n) is 7.78. The number of nitrogens with two attached hydrogens (primary N) is 1. The standard InChI is InChI=1S/C52H89N3O16P2/c1-4-5-6-7-8-9-10-13-17-20-23-26-29-33-43(56)34-31-36-47(57)66-39-44(69-48(58)35-30-27-24-21-18-15-12-11-14-16-19-22-25-28-32-42(2)3)40-67-72(62,63)71-73(64,65)68-41-45-49(59)50(60)51(70-45)55-38-37-46(53)54-52(55)61/h8-9,13,17,23,26,29,33,37-38,42-45,49-51,56,59-60H,4-7,10-12,14-16,18-22,24-25,27-28,30-32,34-36,39-41H2,1-3H3,(H,62,63)(H,64,65)(H2,53,54,61)/b9-8-,17-13-,26-23-,33-29+/t43-,44-,45-,49-,50-,51-/m1/s1. The number of unbranched alkanes of at least 4 members (excludes halogenated alkanes) is 16. The van der Waals surface area contributed by atoms with Crippen LogP contribution in [0, 0.1) is 5.92 Å². The van der Waals surface area contributed by atoms with Crippen LogP contribution in [0.15, 0.2) is 65.7 Å². The van der Waals surface area contributed by atoms with E-state index in [1.54, 1.807) is 12.2 Å². The Morgan fingerprint density at radius 1 is 0.753 bits per heavy atom. The molecule has 0 bridgehead atoms. The zero-order valence-corrected chi connectivity index (χ0v) is 45.5. The molecule has 1 saturated heterocycles. The maximum Gasteiger partial charge on any atom is 0.481 e. The zero-order chi connectivity index (χ0) is 53.7. The topological polar surface area (TPSA) is 286 Å². The molecule has 0 spiro atoms. The Hall–Kier alpha value is -3.32. The first-order chi connectivity index (χ1) is 34.9. The second-order valence-corrected chi connectivity index (χ2v) is 22.1. The number of nitrogen functional groups attached to an aromatic ring is 1. The largest absolute Gasteiger partial charge is 0.481 e. The number of phosphoric acid groups is 2. The predicted molar refractivity (Wildman–Crippen MR) is 281 cm³/mol. The highest BCUT2D eigenvalue weighted by molar-refractivity contribution is 7.61. The summed E-state index contributed by atoms with van der Waals surface area (Å²) in [6.07, 6.45) is 32.2. The van der Waals surface area contributed by atoms with E-state index in [-0.39, 0.29) is 31.5 Å². The molecule has 1 aliphatic rings. The van der Waals surface area contributed by atoms with Gasteiger partial charge in [-0.05, 0) is 56.9 Å². The van der Waals surface area contributed by atoms with E-state index in [0.717, 1.165) is 61.6 Å². The van der Waals surface area contributed by atoms with Crippen LogP contribution in [0.25, 0.3) is 0 Å². The maximum absolute atomic E-state index is 12.9. The molecular formula is C52H89N3O16P2. The van der Waals surface area contributed by atoms with Crippen LogP contribution in [0.4, 0.5) is 5.82 Å². The minimum Gasteiger partial charge on any atom is -0.462 e. The summed E-state index contributed by atoms with van der Waals surface area (Å²) in [5.74, 6) is -0.719. The molecule has 21 heteroatoms. The van der Waals surface area contributed by atoms with Crippen LogP contribution in [0.3, 0.4) is 0 Å². The quantitative estimate of drug-likeness (QED) is 0.0117. The molecule has 0 radical (unpaired) electrons. The summed E-state index contributed by atoms with van der Waals surface area (Å²) in [6, 6.07) is 1.24. The number of rotatable bonds is 43. The number of aromatic nitrogens is 2. The minimum absolute atomic E-state index is 0.0111. The van der Waals surface area contributed by atoms with E-state index >= 15 is 0 Å². The normalized spacial score (nSPS) is 19.8.